The molecular formula is C20H29N3O2. The van der Waals surface area contributed by atoms with Crippen molar-refractivity contribution in [3.05, 3.63) is 34.7 Å². The van der Waals surface area contributed by atoms with Crippen LogP contribution in [0.2, 0.25) is 0 Å². The second-order valence-electron chi connectivity index (χ2n) is 7.20. The summed E-state index contributed by atoms with van der Waals surface area (Å²) in [4.78, 5) is 27.0. The van der Waals surface area contributed by atoms with Crippen LogP contribution in [0.1, 0.15) is 45.4 Å². The third kappa shape index (κ3) is 3.80. The van der Waals surface area contributed by atoms with Gasteiger partial charge in [-0.3, -0.25) is 13.9 Å². The first-order valence-corrected chi connectivity index (χ1v) is 9.53. The SMILES string of the molecule is CCn1c(=O)n(CCC(=O)N(C)CC2CCCCC2)c2ccccc21. The van der Waals surface area contributed by atoms with Gasteiger partial charge in [0.15, 0.2) is 0 Å². The van der Waals surface area contributed by atoms with Gasteiger partial charge in [0.2, 0.25) is 5.91 Å². The predicted octanol–water partition coefficient (Wildman–Crippen LogP) is 3.25. The van der Waals surface area contributed by atoms with E-state index in [0.717, 1.165) is 17.6 Å². The Labute approximate surface area is 149 Å². The summed E-state index contributed by atoms with van der Waals surface area (Å²) in [5.74, 6) is 0.776. The van der Waals surface area contributed by atoms with Crippen LogP contribution in [0.25, 0.3) is 11.0 Å². The number of hydrogen-bond acceptors (Lipinski definition) is 2. The molecule has 0 radical (unpaired) electrons. The van der Waals surface area contributed by atoms with Crippen LogP contribution in [-0.2, 0) is 17.9 Å². The number of aromatic nitrogens is 2. The molecular weight excluding hydrogens is 314 g/mol. The molecule has 2 aromatic rings. The number of amides is 1. The summed E-state index contributed by atoms with van der Waals surface area (Å²) in [6.07, 6.45) is 6.76. The Morgan fingerprint density at radius 1 is 1.12 bits per heavy atom. The van der Waals surface area contributed by atoms with Crippen molar-refractivity contribution in [2.45, 2.75) is 58.5 Å². The Morgan fingerprint density at radius 3 is 2.40 bits per heavy atom. The maximum Gasteiger partial charge on any atom is 0.329 e. The number of hydrogen-bond donors (Lipinski definition) is 0. The number of nitrogens with zero attached hydrogens (tertiary/aromatic N) is 3. The third-order valence-electron chi connectivity index (χ3n) is 5.47. The van der Waals surface area contributed by atoms with E-state index in [9.17, 15) is 9.59 Å². The minimum atomic E-state index is -0.0218. The highest BCUT2D eigenvalue weighted by Gasteiger charge is 2.19. The second-order valence-corrected chi connectivity index (χ2v) is 7.20. The lowest BCUT2D eigenvalue weighted by molar-refractivity contribution is -0.130. The second kappa shape index (κ2) is 7.89. The Hall–Kier alpha value is -2.04. The van der Waals surface area contributed by atoms with E-state index in [-0.39, 0.29) is 11.6 Å². The zero-order valence-electron chi connectivity index (χ0n) is 15.4. The normalized spacial score (nSPS) is 15.6. The fourth-order valence-electron chi connectivity index (χ4n) is 4.05. The van der Waals surface area contributed by atoms with Crippen LogP contribution in [0.4, 0.5) is 0 Å². The molecule has 1 amide bonds. The van der Waals surface area contributed by atoms with E-state index >= 15 is 0 Å². The van der Waals surface area contributed by atoms with E-state index in [4.69, 9.17) is 0 Å². The molecule has 1 aromatic heterocycles. The number of imidazole rings is 1. The molecule has 0 aliphatic heterocycles. The Kier molecular flexibility index (Phi) is 5.61. The van der Waals surface area contributed by atoms with Crippen molar-refractivity contribution in [2.75, 3.05) is 13.6 Å². The Bertz CT molecular complexity index is 784. The first kappa shape index (κ1) is 17.8. The summed E-state index contributed by atoms with van der Waals surface area (Å²) in [5.41, 5.74) is 1.83. The van der Waals surface area contributed by atoms with Crippen LogP contribution < -0.4 is 5.69 Å². The molecule has 0 spiro atoms. The van der Waals surface area contributed by atoms with E-state index in [1.165, 1.54) is 32.1 Å². The van der Waals surface area contributed by atoms with Crippen LogP contribution in [-0.4, -0.2) is 33.5 Å². The van der Waals surface area contributed by atoms with Gasteiger partial charge in [-0.1, -0.05) is 31.4 Å². The molecule has 1 fully saturated rings. The first-order valence-electron chi connectivity index (χ1n) is 9.53. The third-order valence-corrected chi connectivity index (χ3v) is 5.47. The average Bonchev–Trinajstić information content (AvgIpc) is 2.91. The molecule has 1 aliphatic rings. The average molecular weight is 343 g/mol. The molecule has 5 nitrogen and oxygen atoms in total. The van der Waals surface area contributed by atoms with Crippen molar-refractivity contribution in [3.63, 3.8) is 0 Å². The first-order chi connectivity index (χ1) is 12.1. The van der Waals surface area contributed by atoms with Crippen molar-refractivity contribution in [1.82, 2.24) is 14.0 Å². The minimum absolute atomic E-state index is 0.0218. The van der Waals surface area contributed by atoms with E-state index in [1.54, 1.807) is 9.13 Å². The van der Waals surface area contributed by atoms with E-state index in [2.05, 4.69) is 0 Å². The summed E-state index contributed by atoms with van der Waals surface area (Å²) in [6.45, 7) is 3.91. The Balaban J connectivity index is 1.67. The zero-order valence-corrected chi connectivity index (χ0v) is 15.4. The molecule has 0 unspecified atom stereocenters. The molecule has 1 aromatic carbocycles. The van der Waals surface area contributed by atoms with Crippen molar-refractivity contribution >= 4 is 16.9 Å². The molecule has 136 valence electrons. The number of fused-ring (bicyclic) bond motifs is 1. The highest BCUT2D eigenvalue weighted by atomic mass is 16.2. The van der Waals surface area contributed by atoms with E-state index in [1.807, 2.05) is 43.1 Å². The van der Waals surface area contributed by atoms with Crippen LogP contribution in [0.15, 0.2) is 29.1 Å². The standard InChI is InChI=1S/C20H29N3O2/c1-3-22-17-11-7-8-12-18(17)23(20(22)25)14-13-19(24)21(2)15-16-9-5-4-6-10-16/h7-8,11-12,16H,3-6,9-10,13-15H2,1-2H3. The summed E-state index contributed by atoms with van der Waals surface area (Å²) < 4.78 is 3.51. The van der Waals surface area contributed by atoms with Gasteiger partial charge in [-0.05, 0) is 37.8 Å². The van der Waals surface area contributed by atoms with Crippen molar-refractivity contribution in [3.8, 4) is 0 Å². The lowest BCUT2D eigenvalue weighted by atomic mass is 9.89. The summed E-state index contributed by atoms with van der Waals surface area (Å²) in [6, 6.07) is 7.81. The number of aryl methyl sites for hydroxylation is 2. The summed E-state index contributed by atoms with van der Waals surface area (Å²) in [5, 5.41) is 0. The van der Waals surface area contributed by atoms with Gasteiger partial charge < -0.3 is 4.90 Å². The number of benzene rings is 1. The molecule has 1 aliphatic carbocycles. The molecule has 0 atom stereocenters. The van der Waals surface area contributed by atoms with Crippen molar-refractivity contribution in [1.29, 1.82) is 0 Å². The fraction of sp³-hybridized carbons (Fsp3) is 0.600. The molecule has 25 heavy (non-hydrogen) atoms. The Morgan fingerprint density at radius 2 is 1.76 bits per heavy atom. The number of rotatable bonds is 6. The maximum absolute atomic E-state index is 12.6. The van der Waals surface area contributed by atoms with Crippen LogP contribution in [0.5, 0.6) is 0 Å². The van der Waals surface area contributed by atoms with Gasteiger partial charge >= 0.3 is 5.69 Å². The quantitative estimate of drug-likeness (QED) is 0.808. The molecule has 1 heterocycles. The summed E-state index contributed by atoms with van der Waals surface area (Å²) in [7, 11) is 1.90. The molecule has 3 rings (SSSR count). The van der Waals surface area contributed by atoms with Gasteiger partial charge in [0.05, 0.1) is 11.0 Å². The van der Waals surface area contributed by atoms with Crippen LogP contribution in [0, 0.1) is 5.92 Å². The van der Waals surface area contributed by atoms with Gasteiger partial charge in [0.25, 0.3) is 0 Å². The van der Waals surface area contributed by atoms with Gasteiger partial charge in [-0.2, -0.15) is 0 Å². The van der Waals surface area contributed by atoms with E-state index < -0.39 is 0 Å². The topological polar surface area (TPSA) is 47.2 Å². The highest BCUT2D eigenvalue weighted by Crippen LogP contribution is 2.24. The fourth-order valence-corrected chi connectivity index (χ4v) is 4.05. The van der Waals surface area contributed by atoms with Crippen molar-refractivity contribution < 1.29 is 4.79 Å². The molecule has 0 saturated heterocycles. The molecule has 1 saturated carbocycles. The van der Waals surface area contributed by atoms with Crippen LogP contribution in [0.3, 0.4) is 0 Å². The van der Waals surface area contributed by atoms with Gasteiger partial charge in [0, 0.05) is 33.1 Å². The number of carbonyl (C=O) groups excluding carboxylic acids is 1. The molecule has 0 bridgehead atoms. The van der Waals surface area contributed by atoms with Crippen LogP contribution >= 0.6 is 0 Å². The molecule has 5 heteroatoms. The van der Waals surface area contributed by atoms with Gasteiger partial charge in [0.1, 0.15) is 0 Å². The predicted molar refractivity (Wildman–Crippen MR) is 101 cm³/mol. The summed E-state index contributed by atoms with van der Waals surface area (Å²) >= 11 is 0. The lowest BCUT2D eigenvalue weighted by Crippen LogP contribution is -2.34. The van der Waals surface area contributed by atoms with Crippen molar-refractivity contribution in [2.24, 2.45) is 5.92 Å². The highest BCUT2D eigenvalue weighted by molar-refractivity contribution is 5.78. The smallest absolute Gasteiger partial charge is 0.329 e. The minimum Gasteiger partial charge on any atom is -0.345 e. The number of para-hydroxylation sites is 2. The molecule has 0 N–H and O–H groups in total. The van der Waals surface area contributed by atoms with Gasteiger partial charge in [-0.15, -0.1) is 0 Å². The zero-order chi connectivity index (χ0) is 17.8. The maximum atomic E-state index is 12.6. The largest absolute Gasteiger partial charge is 0.345 e. The monoisotopic (exact) mass is 343 g/mol. The van der Waals surface area contributed by atoms with Gasteiger partial charge in [-0.25, -0.2) is 4.79 Å². The lowest BCUT2D eigenvalue weighted by Gasteiger charge is -2.27. The van der Waals surface area contributed by atoms with E-state index in [0.29, 0.717) is 25.4 Å². The number of carbonyl (C=O) groups is 1.